The van der Waals surface area contributed by atoms with Gasteiger partial charge in [0.15, 0.2) is 0 Å². The molecule has 0 aromatic heterocycles. The number of carbonyl (C=O) groups is 1. The fraction of sp³-hybridized carbons (Fsp3) is 0.316. The van der Waals surface area contributed by atoms with Gasteiger partial charge in [0, 0.05) is 18.0 Å². The average Bonchev–Trinajstić information content (AvgIpc) is 2.59. The molecule has 1 atom stereocenters. The van der Waals surface area contributed by atoms with E-state index in [1.807, 2.05) is 6.92 Å². The van der Waals surface area contributed by atoms with Gasteiger partial charge < -0.3 is 5.32 Å². The van der Waals surface area contributed by atoms with Gasteiger partial charge in [-0.1, -0.05) is 23.7 Å². The number of nitrogens with zero attached hydrogens (tertiary/aromatic N) is 1. The lowest BCUT2D eigenvalue weighted by molar-refractivity contribution is -0.121. The molecule has 27 heavy (non-hydrogen) atoms. The summed E-state index contributed by atoms with van der Waals surface area (Å²) < 4.78 is 38.3. The number of carbonyl (C=O) groups excluding carboxylic acids is 1. The molecule has 2 rings (SSSR count). The fourth-order valence-corrected chi connectivity index (χ4v) is 3.72. The molecular formula is C19H22ClFN2O3S. The Morgan fingerprint density at radius 1 is 1.15 bits per heavy atom. The van der Waals surface area contributed by atoms with E-state index in [0.717, 1.165) is 11.8 Å². The van der Waals surface area contributed by atoms with Crippen LogP contribution in [0.4, 0.5) is 10.1 Å². The maximum atomic E-state index is 13.0. The van der Waals surface area contributed by atoms with Gasteiger partial charge in [0.1, 0.15) is 5.82 Å². The van der Waals surface area contributed by atoms with Crippen LogP contribution in [-0.2, 0) is 14.8 Å². The van der Waals surface area contributed by atoms with Crippen LogP contribution in [0.25, 0.3) is 0 Å². The Hall–Kier alpha value is -2.12. The van der Waals surface area contributed by atoms with Gasteiger partial charge in [-0.05, 0) is 55.3 Å². The zero-order valence-electron chi connectivity index (χ0n) is 15.2. The summed E-state index contributed by atoms with van der Waals surface area (Å²) in [6, 6.07) is 12.1. The second-order valence-electron chi connectivity index (χ2n) is 6.26. The molecule has 0 saturated heterocycles. The Morgan fingerprint density at radius 3 is 2.30 bits per heavy atom. The Kier molecular flexibility index (Phi) is 7.21. The van der Waals surface area contributed by atoms with Crippen LogP contribution in [-0.4, -0.2) is 27.1 Å². The number of anilines is 1. The van der Waals surface area contributed by atoms with Crippen molar-refractivity contribution in [2.24, 2.45) is 0 Å². The molecule has 0 aliphatic carbocycles. The van der Waals surface area contributed by atoms with Crippen molar-refractivity contribution in [2.75, 3.05) is 17.1 Å². The molecule has 8 heteroatoms. The Labute approximate surface area is 164 Å². The monoisotopic (exact) mass is 412 g/mol. The second-order valence-corrected chi connectivity index (χ2v) is 8.60. The van der Waals surface area contributed by atoms with E-state index in [-0.39, 0.29) is 30.7 Å². The minimum atomic E-state index is -3.48. The molecule has 1 amide bonds. The Morgan fingerprint density at radius 2 is 1.74 bits per heavy atom. The van der Waals surface area contributed by atoms with E-state index < -0.39 is 10.0 Å². The zero-order chi connectivity index (χ0) is 20.0. The predicted molar refractivity (Wildman–Crippen MR) is 106 cm³/mol. The smallest absolute Gasteiger partial charge is 0.232 e. The van der Waals surface area contributed by atoms with E-state index in [9.17, 15) is 17.6 Å². The van der Waals surface area contributed by atoms with Crippen molar-refractivity contribution >= 4 is 33.2 Å². The quantitative estimate of drug-likeness (QED) is 0.715. The molecule has 0 radical (unpaired) electrons. The van der Waals surface area contributed by atoms with Gasteiger partial charge in [-0.25, -0.2) is 12.8 Å². The molecule has 0 spiro atoms. The molecule has 0 fully saturated rings. The van der Waals surface area contributed by atoms with Crippen LogP contribution in [0, 0.1) is 5.82 Å². The summed E-state index contributed by atoms with van der Waals surface area (Å²) in [5, 5.41) is 3.34. The SMILES string of the molecule is CC(NC(=O)CCCN(c1ccc(Cl)cc1)S(C)(=O)=O)c1ccc(F)cc1. The van der Waals surface area contributed by atoms with Gasteiger partial charge in [0.25, 0.3) is 0 Å². The van der Waals surface area contributed by atoms with Crippen molar-refractivity contribution in [2.45, 2.75) is 25.8 Å². The van der Waals surface area contributed by atoms with E-state index in [1.54, 1.807) is 36.4 Å². The van der Waals surface area contributed by atoms with Gasteiger partial charge in [0.2, 0.25) is 15.9 Å². The van der Waals surface area contributed by atoms with Gasteiger partial charge in [-0.15, -0.1) is 0 Å². The van der Waals surface area contributed by atoms with Crippen LogP contribution in [0.5, 0.6) is 0 Å². The van der Waals surface area contributed by atoms with Gasteiger partial charge in [-0.3, -0.25) is 9.10 Å². The van der Waals surface area contributed by atoms with Crippen LogP contribution in [0.3, 0.4) is 0 Å². The summed E-state index contributed by atoms with van der Waals surface area (Å²) in [4.78, 5) is 12.1. The molecule has 0 aliphatic rings. The lowest BCUT2D eigenvalue weighted by Crippen LogP contribution is -2.32. The van der Waals surface area contributed by atoms with Crippen LogP contribution in [0.15, 0.2) is 48.5 Å². The molecule has 1 unspecified atom stereocenters. The van der Waals surface area contributed by atoms with E-state index in [4.69, 9.17) is 11.6 Å². The summed E-state index contributed by atoms with van der Waals surface area (Å²) in [5.41, 5.74) is 1.30. The normalized spacial score (nSPS) is 12.4. The maximum Gasteiger partial charge on any atom is 0.232 e. The topological polar surface area (TPSA) is 66.5 Å². The van der Waals surface area contributed by atoms with Crippen LogP contribution < -0.4 is 9.62 Å². The molecule has 0 aliphatic heterocycles. The first-order chi connectivity index (χ1) is 12.7. The molecular weight excluding hydrogens is 391 g/mol. The molecule has 0 bridgehead atoms. The molecule has 5 nitrogen and oxygen atoms in total. The van der Waals surface area contributed by atoms with Gasteiger partial charge in [-0.2, -0.15) is 0 Å². The first-order valence-corrected chi connectivity index (χ1v) is 10.7. The van der Waals surface area contributed by atoms with E-state index in [2.05, 4.69) is 5.32 Å². The minimum Gasteiger partial charge on any atom is -0.350 e. The molecule has 0 heterocycles. The third-order valence-electron chi connectivity index (χ3n) is 4.03. The maximum absolute atomic E-state index is 13.0. The standard InChI is InChI=1S/C19H22ClFN2O3S/c1-14(15-5-9-17(21)10-6-15)22-19(24)4-3-13-23(27(2,25)26)18-11-7-16(20)8-12-18/h5-12,14H,3-4,13H2,1-2H3,(H,22,24). The first-order valence-electron chi connectivity index (χ1n) is 8.45. The summed E-state index contributed by atoms with van der Waals surface area (Å²) >= 11 is 5.84. The van der Waals surface area contributed by atoms with Crippen molar-refractivity contribution in [3.63, 3.8) is 0 Å². The first kappa shape index (κ1) is 21.2. The van der Waals surface area contributed by atoms with Crippen LogP contribution in [0.1, 0.15) is 31.4 Å². The number of amides is 1. The number of benzene rings is 2. The predicted octanol–water partition coefficient (Wildman–Crippen LogP) is 3.90. The van der Waals surface area contributed by atoms with Crippen LogP contribution in [0.2, 0.25) is 5.02 Å². The highest BCUT2D eigenvalue weighted by atomic mass is 35.5. The lowest BCUT2D eigenvalue weighted by Gasteiger charge is -2.22. The summed E-state index contributed by atoms with van der Waals surface area (Å²) in [5.74, 6) is -0.531. The summed E-state index contributed by atoms with van der Waals surface area (Å²) in [6.07, 6.45) is 1.65. The number of sulfonamides is 1. The van der Waals surface area contributed by atoms with Crippen molar-refractivity contribution in [1.29, 1.82) is 0 Å². The Bertz CT molecular complexity index is 871. The number of hydrogen-bond donors (Lipinski definition) is 1. The number of halogens is 2. The molecule has 2 aromatic rings. The van der Waals surface area contributed by atoms with Crippen molar-refractivity contribution in [3.05, 3.63) is 64.9 Å². The molecule has 0 saturated carbocycles. The Balaban J connectivity index is 1.91. The number of rotatable bonds is 8. The van der Waals surface area contributed by atoms with Crippen molar-refractivity contribution in [3.8, 4) is 0 Å². The van der Waals surface area contributed by atoms with Crippen LogP contribution >= 0.6 is 11.6 Å². The van der Waals surface area contributed by atoms with Crippen molar-refractivity contribution < 1.29 is 17.6 Å². The second kappa shape index (κ2) is 9.19. The number of nitrogens with one attached hydrogen (secondary N) is 1. The number of hydrogen-bond acceptors (Lipinski definition) is 3. The third-order valence-corrected chi connectivity index (χ3v) is 5.47. The zero-order valence-corrected chi connectivity index (χ0v) is 16.7. The molecule has 1 N–H and O–H groups in total. The van der Waals surface area contributed by atoms with E-state index >= 15 is 0 Å². The highest BCUT2D eigenvalue weighted by Crippen LogP contribution is 2.21. The lowest BCUT2D eigenvalue weighted by atomic mass is 10.1. The van der Waals surface area contributed by atoms with Gasteiger partial charge >= 0.3 is 0 Å². The fourth-order valence-electron chi connectivity index (χ4n) is 2.63. The van der Waals surface area contributed by atoms with E-state index in [0.29, 0.717) is 17.1 Å². The largest absolute Gasteiger partial charge is 0.350 e. The summed E-state index contributed by atoms with van der Waals surface area (Å²) in [6.45, 7) is 1.99. The third kappa shape index (κ3) is 6.52. The summed E-state index contributed by atoms with van der Waals surface area (Å²) in [7, 11) is -3.48. The minimum absolute atomic E-state index is 0.172. The average molecular weight is 413 g/mol. The molecule has 2 aromatic carbocycles. The highest BCUT2D eigenvalue weighted by molar-refractivity contribution is 7.92. The highest BCUT2D eigenvalue weighted by Gasteiger charge is 2.18. The molecule has 146 valence electrons. The van der Waals surface area contributed by atoms with E-state index in [1.165, 1.54) is 16.4 Å². The van der Waals surface area contributed by atoms with Crippen molar-refractivity contribution in [1.82, 2.24) is 5.32 Å². The van der Waals surface area contributed by atoms with Gasteiger partial charge in [0.05, 0.1) is 18.0 Å².